The molecule has 0 aliphatic heterocycles. The Bertz CT molecular complexity index is 249. The van der Waals surface area contributed by atoms with Crippen LogP contribution in [0.4, 0.5) is 4.39 Å². The maximum atomic E-state index is 13.8. The van der Waals surface area contributed by atoms with Crippen LogP contribution in [0, 0.1) is 11.8 Å². The van der Waals surface area contributed by atoms with E-state index in [1.54, 1.807) is 6.20 Å². The number of halogens is 1. The topological polar surface area (TPSA) is 38.9 Å². The SMILES string of the molecule is CC(C)C(CN)C(F)Cc1nccs1. The zero-order valence-corrected chi connectivity index (χ0v) is 9.43. The van der Waals surface area contributed by atoms with Gasteiger partial charge in [0.15, 0.2) is 0 Å². The summed E-state index contributed by atoms with van der Waals surface area (Å²) in [5.74, 6) is 0.230. The van der Waals surface area contributed by atoms with Gasteiger partial charge >= 0.3 is 0 Å². The number of aromatic nitrogens is 1. The summed E-state index contributed by atoms with van der Waals surface area (Å²) in [7, 11) is 0. The van der Waals surface area contributed by atoms with Gasteiger partial charge in [-0.2, -0.15) is 0 Å². The first-order valence-corrected chi connectivity index (χ1v) is 5.75. The Kier molecular flexibility index (Phi) is 4.48. The number of nitrogens with zero attached hydrogens (tertiary/aromatic N) is 1. The van der Waals surface area contributed by atoms with E-state index in [4.69, 9.17) is 5.73 Å². The van der Waals surface area contributed by atoms with Gasteiger partial charge in [0.2, 0.25) is 0 Å². The Balaban J connectivity index is 2.51. The molecule has 2 N–H and O–H groups in total. The molecule has 0 bridgehead atoms. The maximum Gasteiger partial charge on any atom is 0.111 e. The van der Waals surface area contributed by atoms with Crippen molar-refractivity contribution in [1.29, 1.82) is 0 Å². The third-order valence-electron chi connectivity index (χ3n) is 2.45. The molecule has 1 aromatic rings. The monoisotopic (exact) mass is 216 g/mol. The summed E-state index contributed by atoms with van der Waals surface area (Å²) in [6.07, 6.45) is 1.24. The first kappa shape index (κ1) is 11.6. The second-order valence-corrected chi connectivity index (χ2v) is 4.77. The molecule has 0 radical (unpaired) electrons. The Morgan fingerprint density at radius 2 is 2.29 bits per heavy atom. The molecule has 2 unspecified atom stereocenters. The molecule has 0 saturated carbocycles. The van der Waals surface area contributed by atoms with Crippen LogP contribution >= 0.6 is 11.3 Å². The van der Waals surface area contributed by atoms with Crippen molar-refractivity contribution in [1.82, 2.24) is 4.98 Å². The highest BCUT2D eigenvalue weighted by molar-refractivity contribution is 7.09. The molecule has 0 saturated heterocycles. The summed E-state index contributed by atoms with van der Waals surface area (Å²) in [6, 6.07) is 0. The van der Waals surface area contributed by atoms with Gasteiger partial charge in [-0.25, -0.2) is 9.37 Å². The van der Waals surface area contributed by atoms with E-state index >= 15 is 0 Å². The Morgan fingerprint density at radius 1 is 1.57 bits per heavy atom. The number of rotatable bonds is 5. The molecule has 14 heavy (non-hydrogen) atoms. The summed E-state index contributed by atoms with van der Waals surface area (Å²) in [5, 5.41) is 2.73. The van der Waals surface area contributed by atoms with Crippen molar-refractivity contribution >= 4 is 11.3 Å². The number of hydrogen-bond acceptors (Lipinski definition) is 3. The highest BCUT2D eigenvalue weighted by atomic mass is 32.1. The molecule has 1 aromatic heterocycles. The molecule has 0 amide bonds. The van der Waals surface area contributed by atoms with Gasteiger partial charge in [-0.1, -0.05) is 13.8 Å². The van der Waals surface area contributed by atoms with Gasteiger partial charge in [0.25, 0.3) is 0 Å². The summed E-state index contributed by atoms with van der Waals surface area (Å²) >= 11 is 1.50. The van der Waals surface area contributed by atoms with Crippen molar-refractivity contribution in [3.8, 4) is 0 Å². The lowest BCUT2D eigenvalue weighted by atomic mass is 9.90. The predicted octanol–water partition coefficient (Wildman–Crippen LogP) is 2.25. The molecule has 0 aliphatic rings. The highest BCUT2D eigenvalue weighted by Crippen LogP contribution is 2.21. The summed E-state index contributed by atoms with van der Waals surface area (Å²) in [6.45, 7) is 4.42. The molecule has 1 heterocycles. The average molecular weight is 216 g/mol. The van der Waals surface area contributed by atoms with E-state index in [9.17, 15) is 4.39 Å². The van der Waals surface area contributed by atoms with E-state index in [1.807, 2.05) is 19.2 Å². The van der Waals surface area contributed by atoms with Gasteiger partial charge in [-0.15, -0.1) is 11.3 Å². The fraction of sp³-hybridized carbons (Fsp3) is 0.700. The molecule has 0 aliphatic carbocycles. The minimum atomic E-state index is -0.869. The van der Waals surface area contributed by atoms with E-state index in [0.29, 0.717) is 13.0 Å². The van der Waals surface area contributed by atoms with Gasteiger partial charge < -0.3 is 5.73 Å². The van der Waals surface area contributed by atoms with E-state index in [-0.39, 0.29) is 11.8 Å². The second kappa shape index (κ2) is 5.41. The standard InChI is InChI=1S/C10H17FN2S/c1-7(2)8(6-12)9(11)5-10-13-3-4-14-10/h3-4,7-9H,5-6,12H2,1-2H3. The lowest BCUT2D eigenvalue weighted by Gasteiger charge is -2.22. The zero-order valence-electron chi connectivity index (χ0n) is 8.61. The quantitative estimate of drug-likeness (QED) is 0.820. The van der Waals surface area contributed by atoms with Crippen LogP contribution in [-0.4, -0.2) is 17.7 Å². The zero-order chi connectivity index (χ0) is 10.6. The fourth-order valence-electron chi connectivity index (χ4n) is 1.51. The molecule has 1 rings (SSSR count). The fourth-order valence-corrected chi connectivity index (χ4v) is 2.17. The van der Waals surface area contributed by atoms with Gasteiger partial charge in [0.1, 0.15) is 6.17 Å². The Hall–Kier alpha value is -0.480. The summed E-state index contributed by atoms with van der Waals surface area (Å²) in [4.78, 5) is 4.07. The van der Waals surface area contributed by atoms with E-state index in [1.165, 1.54) is 11.3 Å². The van der Waals surface area contributed by atoms with Gasteiger partial charge in [0.05, 0.1) is 5.01 Å². The molecule has 0 aromatic carbocycles. The first-order valence-electron chi connectivity index (χ1n) is 4.87. The van der Waals surface area contributed by atoms with Gasteiger partial charge in [-0.3, -0.25) is 0 Å². The average Bonchev–Trinajstić information content (AvgIpc) is 2.57. The van der Waals surface area contributed by atoms with Crippen molar-refractivity contribution in [3.05, 3.63) is 16.6 Å². The molecule has 0 fully saturated rings. The Morgan fingerprint density at radius 3 is 2.71 bits per heavy atom. The predicted molar refractivity (Wildman–Crippen MR) is 58.1 cm³/mol. The van der Waals surface area contributed by atoms with Gasteiger partial charge in [0, 0.05) is 23.9 Å². The largest absolute Gasteiger partial charge is 0.330 e. The minimum Gasteiger partial charge on any atom is -0.330 e. The van der Waals surface area contributed by atoms with Crippen molar-refractivity contribution in [3.63, 3.8) is 0 Å². The number of alkyl halides is 1. The van der Waals surface area contributed by atoms with Crippen molar-refractivity contribution in [2.24, 2.45) is 17.6 Å². The molecule has 4 heteroatoms. The normalized spacial score (nSPS) is 15.8. The second-order valence-electron chi connectivity index (χ2n) is 3.79. The first-order chi connectivity index (χ1) is 6.65. The molecular weight excluding hydrogens is 199 g/mol. The van der Waals surface area contributed by atoms with Crippen LogP contribution in [0.3, 0.4) is 0 Å². The molecular formula is C10H17FN2S. The third kappa shape index (κ3) is 3.03. The smallest absolute Gasteiger partial charge is 0.111 e. The van der Waals surface area contributed by atoms with E-state index < -0.39 is 6.17 Å². The van der Waals surface area contributed by atoms with Crippen molar-refractivity contribution < 1.29 is 4.39 Å². The van der Waals surface area contributed by atoms with Crippen LogP contribution in [0.5, 0.6) is 0 Å². The lowest BCUT2D eigenvalue weighted by Crippen LogP contribution is -2.30. The van der Waals surface area contributed by atoms with E-state index in [0.717, 1.165) is 5.01 Å². The van der Waals surface area contributed by atoms with Crippen LogP contribution in [-0.2, 0) is 6.42 Å². The molecule has 2 nitrogen and oxygen atoms in total. The van der Waals surface area contributed by atoms with Gasteiger partial charge in [-0.05, 0) is 12.5 Å². The van der Waals surface area contributed by atoms with Crippen molar-refractivity contribution in [2.45, 2.75) is 26.4 Å². The van der Waals surface area contributed by atoms with Crippen LogP contribution in [0.15, 0.2) is 11.6 Å². The maximum absolute atomic E-state index is 13.8. The number of thiazole rings is 1. The lowest BCUT2D eigenvalue weighted by molar-refractivity contribution is 0.185. The van der Waals surface area contributed by atoms with E-state index in [2.05, 4.69) is 4.98 Å². The molecule has 2 atom stereocenters. The number of nitrogens with two attached hydrogens (primary N) is 1. The van der Waals surface area contributed by atoms with Crippen LogP contribution in [0.2, 0.25) is 0 Å². The van der Waals surface area contributed by atoms with Crippen LogP contribution < -0.4 is 5.73 Å². The molecule has 80 valence electrons. The summed E-state index contributed by atoms with van der Waals surface area (Å²) < 4.78 is 13.8. The number of hydrogen-bond donors (Lipinski definition) is 1. The molecule has 0 spiro atoms. The Labute approximate surface area is 88.4 Å². The highest BCUT2D eigenvalue weighted by Gasteiger charge is 2.23. The van der Waals surface area contributed by atoms with Crippen LogP contribution in [0.1, 0.15) is 18.9 Å². The summed E-state index contributed by atoms with van der Waals surface area (Å²) in [5.41, 5.74) is 5.55. The third-order valence-corrected chi connectivity index (χ3v) is 3.25. The minimum absolute atomic E-state index is 0.0566. The van der Waals surface area contributed by atoms with Crippen molar-refractivity contribution in [2.75, 3.05) is 6.54 Å². The van der Waals surface area contributed by atoms with Crippen LogP contribution in [0.25, 0.3) is 0 Å².